The van der Waals surface area contributed by atoms with Crippen LogP contribution in [0.25, 0.3) is 22.3 Å². The van der Waals surface area contributed by atoms with Gasteiger partial charge in [0.15, 0.2) is 0 Å². The van der Waals surface area contributed by atoms with Gasteiger partial charge in [0.2, 0.25) is 0 Å². The van der Waals surface area contributed by atoms with Crippen molar-refractivity contribution in [1.82, 2.24) is 0 Å². The molecule has 0 N–H and O–H groups in total. The standard InChI is InChI=1S/C55H70/c1-9-12-13-14-15-16-21-42-24-28-44(29-25-42)45-30-26-43(27-31-45)22-17-18-37-55(48-23-19-20-41(4)38-48)51-39-46(53(5,6)11-3)32-34-49(51)50-35-33-47(40-52(50)55)54(7,8)36-10-2/h19-20,23-35,38-40H,9-18,21-22,36-37H2,1-8H3. The van der Waals surface area contributed by atoms with Crippen LogP contribution in [0.4, 0.5) is 0 Å². The third-order valence-electron chi connectivity index (χ3n) is 13.4. The lowest BCUT2D eigenvalue weighted by Gasteiger charge is -2.36. The zero-order valence-electron chi connectivity index (χ0n) is 35.8. The quantitative estimate of drug-likeness (QED) is 0.0742. The first-order valence-corrected chi connectivity index (χ1v) is 22.1. The van der Waals surface area contributed by atoms with E-state index in [0.717, 1.165) is 19.3 Å². The number of hydrogen-bond acceptors (Lipinski definition) is 0. The van der Waals surface area contributed by atoms with Crippen LogP contribution in [0.1, 0.15) is 170 Å². The van der Waals surface area contributed by atoms with Gasteiger partial charge < -0.3 is 0 Å². The van der Waals surface area contributed by atoms with E-state index < -0.39 is 0 Å². The molecular weight excluding hydrogens is 661 g/mol. The van der Waals surface area contributed by atoms with Gasteiger partial charge in [0.25, 0.3) is 0 Å². The van der Waals surface area contributed by atoms with Gasteiger partial charge in [-0.3, -0.25) is 0 Å². The summed E-state index contributed by atoms with van der Waals surface area (Å²) >= 11 is 0. The van der Waals surface area contributed by atoms with Crippen molar-refractivity contribution in [1.29, 1.82) is 0 Å². The molecule has 1 aliphatic rings. The van der Waals surface area contributed by atoms with Crippen LogP contribution in [0.5, 0.6) is 0 Å². The molecule has 55 heavy (non-hydrogen) atoms. The minimum absolute atomic E-state index is 0.123. The van der Waals surface area contributed by atoms with Gasteiger partial charge in [0, 0.05) is 5.41 Å². The summed E-state index contributed by atoms with van der Waals surface area (Å²) < 4.78 is 0. The Kier molecular flexibility index (Phi) is 13.3. The zero-order chi connectivity index (χ0) is 39.1. The van der Waals surface area contributed by atoms with E-state index in [2.05, 4.69) is 165 Å². The summed E-state index contributed by atoms with van der Waals surface area (Å²) in [6.07, 6.45) is 17.4. The molecule has 6 rings (SSSR count). The van der Waals surface area contributed by atoms with Crippen LogP contribution < -0.4 is 0 Å². The molecule has 0 amide bonds. The number of aryl methyl sites for hydroxylation is 3. The van der Waals surface area contributed by atoms with Gasteiger partial charge in [-0.05, 0) is 124 Å². The summed E-state index contributed by atoms with van der Waals surface area (Å²) in [7, 11) is 0. The van der Waals surface area contributed by atoms with Gasteiger partial charge >= 0.3 is 0 Å². The molecule has 1 atom stereocenters. The molecule has 0 aromatic heterocycles. The van der Waals surface area contributed by atoms with Crippen molar-refractivity contribution in [2.75, 3.05) is 0 Å². The normalized spacial score (nSPS) is 15.3. The first kappa shape index (κ1) is 40.8. The second-order valence-corrected chi connectivity index (χ2v) is 18.3. The Labute approximate surface area is 336 Å². The fourth-order valence-electron chi connectivity index (χ4n) is 9.42. The Bertz CT molecular complexity index is 1990. The van der Waals surface area contributed by atoms with Crippen LogP contribution in [-0.4, -0.2) is 0 Å². The maximum Gasteiger partial charge on any atom is 0.0463 e. The fraction of sp³-hybridized carbons (Fsp3) is 0.455. The van der Waals surface area contributed by atoms with Crippen molar-refractivity contribution in [3.63, 3.8) is 0 Å². The number of hydrogen-bond donors (Lipinski definition) is 0. The Morgan fingerprint density at radius 3 is 1.55 bits per heavy atom. The van der Waals surface area contributed by atoms with Crippen LogP contribution in [0.3, 0.4) is 0 Å². The Balaban J connectivity index is 1.24. The topological polar surface area (TPSA) is 0 Å². The molecule has 1 aliphatic carbocycles. The van der Waals surface area contributed by atoms with Gasteiger partial charge in [0.1, 0.15) is 0 Å². The van der Waals surface area contributed by atoms with Gasteiger partial charge in [-0.25, -0.2) is 0 Å². The van der Waals surface area contributed by atoms with Crippen molar-refractivity contribution >= 4 is 0 Å². The highest BCUT2D eigenvalue weighted by molar-refractivity contribution is 5.84. The Morgan fingerprint density at radius 1 is 0.491 bits per heavy atom. The lowest BCUT2D eigenvalue weighted by molar-refractivity contribution is 0.470. The van der Waals surface area contributed by atoms with E-state index in [1.165, 1.54) is 137 Å². The predicted octanol–water partition coefficient (Wildman–Crippen LogP) is 16.1. The van der Waals surface area contributed by atoms with E-state index in [1.54, 1.807) is 0 Å². The molecular formula is C55H70. The molecule has 0 bridgehead atoms. The molecule has 0 saturated heterocycles. The third kappa shape index (κ3) is 9.06. The number of benzene rings is 5. The second-order valence-electron chi connectivity index (χ2n) is 18.3. The summed E-state index contributed by atoms with van der Waals surface area (Å²) in [6, 6.07) is 43.2. The minimum Gasteiger partial charge on any atom is -0.0654 e. The van der Waals surface area contributed by atoms with Crippen molar-refractivity contribution in [3.8, 4) is 22.3 Å². The molecule has 0 heteroatoms. The van der Waals surface area contributed by atoms with Gasteiger partial charge in [-0.1, -0.05) is 208 Å². The summed E-state index contributed by atoms with van der Waals surface area (Å²) in [6.45, 7) is 18.9. The molecule has 290 valence electrons. The molecule has 0 saturated carbocycles. The number of unbranched alkanes of at least 4 members (excludes halogenated alkanes) is 6. The van der Waals surface area contributed by atoms with E-state index in [4.69, 9.17) is 0 Å². The van der Waals surface area contributed by atoms with Gasteiger partial charge in [0.05, 0.1) is 0 Å². The van der Waals surface area contributed by atoms with Crippen LogP contribution in [0, 0.1) is 6.92 Å². The van der Waals surface area contributed by atoms with E-state index in [1.807, 2.05) is 0 Å². The van der Waals surface area contributed by atoms with E-state index in [-0.39, 0.29) is 16.2 Å². The van der Waals surface area contributed by atoms with Crippen molar-refractivity contribution in [3.05, 3.63) is 154 Å². The van der Waals surface area contributed by atoms with Gasteiger partial charge in [-0.15, -0.1) is 0 Å². The number of fused-ring (bicyclic) bond motifs is 3. The lowest BCUT2D eigenvalue weighted by atomic mass is 9.67. The van der Waals surface area contributed by atoms with E-state index in [0.29, 0.717) is 0 Å². The lowest BCUT2D eigenvalue weighted by Crippen LogP contribution is -2.29. The predicted molar refractivity (Wildman–Crippen MR) is 241 cm³/mol. The average molecular weight is 731 g/mol. The monoisotopic (exact) mass is 731 g/mol. The highest BCUT2D eigenvalue weighted by Gasteiger charge is 2.45. The molecule has 0 nitrogen and oxygen atoms in total. The minimum atomic E-state index is -0.181. The maximum absolute atomic E-state index is 2.62. The second kappa shape index (κ2) is 17.9. The highest BCUT2D eigenvalue weighted by atomic mass is 14.5. The van der Waals surface area contributed by atoms with Gasteiger partial charge in [-0.2, -0.15) is 0 Å². The highest BCUT2D eigenvalue weighted by Crippen LogP contribution is 2.57. The Morgan fingerprint density at radius 2 is 1.02 bits per heavy atom. The number of rotatable bonds is 19. The molecule has 5 aromatic carbocycles. The molecule has 0 aliphatic heterocycles. The van der Waals surface area contributed by atoms with Crippen molar-refractivity contribution < 1.29 is 0 Å². The zero-order valence-corrected chi connectivity index (χ0v) is 35.8. The SMILES string of the molecule is CCCCCCCCc1ccc(-c2ccc(CCCCC3(c4cccc(C)c4)c4cc(C(C)(C)CC)ccc4-c4ccc(C(C)(C)CCC)cc43)cc2)cc1. The first-order chi connectivity index (χ1) is 26.5. The van der Waals surface area contributed by atoms with E-state index >= 15 is 0 Å². The largest absolute Gasteiger partial charge is 0.0654 e. The molecule has 0 heterocycles. The maximum atomic E-state index is 2.62. The molecule has 5 aromatic rings. The van der Waals surface area contributed by atoms with Crippen LogP contribution in [0.2, 0.25) is 0 Å². The van der Waals surface area contributed by atoms with Crippen LogP contribution >= 0.6 is 0 Å². The summed E-state index contributed by atoms with van der Waals surface area (Å²) in [4.78, 5) is 0. The van der Waals surface area contributed by atoms with Crippen LogP contribution in [-0.2, 0) is 29.1 Å². The average Bonchev–Trinajstić information content (AvgIpc) is 3.47. The molecule has 1 unspecified atom stereocenters. The van der Waals surface area contributed by atoms with Crippen LogP contribution in [0.15, 0.2) is 109 Å². The smallest absolute Gasteiger partial charge is 0.0463 e. The third-order valence-corrected chi connectivity index (χ3v) is 13.4. The first-order valence-electron chi connectivity index (χ1n) is 22.1. The Hall–Kier alpha value is -3.90. The summed E-state index contributed by atoms with van der Waals surface area (Å²) in [5.74, 6) is 0. The van der Waals surface area contributed by atoms with Crippen molar-refractivity contribution in [2.24, 2.45) is 0 Å². The fourth-order valence-corrected chi connectivity index (χ4v) is 9.42. The van der Waals surface area contributed by atoms with Crippen molar-refractivity contribution in [2.45, 2.75) is 162 Å². The molecule has 0 spiro atoms. The summed E-state index contributed by atoms with van der Waals surface area (Å²) in [5, 5.41) is 0. The molecule has 0 fully saturated rings. The summed E-state index contributed by atoms with van der Waals surface area (Å²) in [5.41, 5.74) is 17.2. The van der Waals surface area contributed by atoms with E-state index in [9.17, 15) is 0 Å². The molecule has 0 radical (unpaired) electrons.